The van der Waals surface area contributed by atoms with Crippen molar-refractivity contribution >= 4 is 34.8 Å². The molecule has 1 aromatic rings. The quantitative estimate of drug-likeness (QED) is 0.428. The van der Waals surface area contributed by atoms with E-state index in [4.69, 9.17) is 21.1 Å². The Labute approximate surface area is 179 Å². The number of nitrogens with zero attached hydrogens (tertiary/aromatic N) is 4. The number of amides is 1. The van der Waals surface area contributed by atoms with Crippen molar-refractivity contribution in [2.24, 2.45) is 0 Å². The van der Waals surface area contributed by atoms with E-state index >= 15 is 0 Å². The van der Waals surface area contributed by atoms with Gasteiger partial charge in [-0.25, -0.2) is 9.78 Å². The summed E-state index contributed by atoms with van der Waals surface area (Å²) in [6.07, 6.45) is 3.14. The van der Waals surface area contributed by atoms with Crippen LogP contribution in [0, 0.1) is 10.1 Å². The lowest BCUT2D eigenvalue weighted by Crippen LogP contribution is -2.44. The second kappa shape index (κ2) is 9.13. The van der Waals surface area contributed by atoms with Crippen molar-refractivity contribution in [2.45, 2.75) is 51.7 Å². The van der Waals surface area contributed by atoms with E-state index in [1.807, 2.05) is 20.8 Å². The zero-order chi connectivity index (χ0) is 21.9. The summed E-state index contributed by atoms with van der Waals surface area (Å²) in [5.41, 5.74) is 0.193. The summed E-state index contributed by atoms with van der Waals surface area (Å²) in [4.78, 5) is 33.4. The number of hydrogen-bond donors (Lipinski definition) is 1. The number of hydrogen-bond acceptors (Lipinski definition) is 8. The van der Waals surface area contributed by atoms with Crippen molar-refractivity contribution in [1.29, 1.82) is 0 Å². The Balaban J connectivity index is 1.74. The van der Waals surface area contributed by atoms with Crippen LogP contribution in [0.3, 0.4) is 0 Å². The third-order valence-electron chi connectivity index (χ3n) is 4.79. The summed E-state index contributed by atoms with van der Waals surface area (Å²) >= 11 is 6.08. The molecule has 1 aromatic heterocycles. The molecule has 164 valence electrons. The minimum Gasteiger partial charge on any atom is -0.444 e. The second-order valence-electron chi connectivity index (χ2n) is 8.24. The molecule has 1 fully saturated rings. The molecule has 0 aliphatic carbocycles. The van der Waals surface area contributed by atoms with Crippen LogP contribution in [-0.2, 0) is 9.47 Å². The number of nitro groups is 1. The molecule has 0 saturated carbocycles. The molecule has 2 aliphatic heterocycles. The lowest BCUT2D eigenvalue weighted by atomic mass is 10.0. The molecule has 0 atom stereocenters. The van der Waals surface area contributed by atoms with E-state index in [2.05, 4.69) is 15.3 Å². The zero-order valence-corrected chi connectivity index (χ0v) is 18.1. The molecule has 0 radical (unpaired) electrons. The van der Waals surface area contributed by atoms with Crippen LogP contribution in [0.1, 0.15) is 45.7 Å². The smallest absolute Gasteiger partial charge is 0.410 e. The van der Waals surface area contributed by atoms with Gasteiger partial charge in [0, 0.05) is 19.1 Å². The maximum absolute atomic E-state index is 12.2. The summed E-state index contributed by atoms with van der Waals surface area (Å²) in [5, 5.41) is 14.9. The number of likely N-dealkylation sites (tertiary alicyclic amines) is 1. The van der Waals surface area contributed by atoms with Gasteiger partial charge in [0.05, 0.1) is 18.1 Å². The Hall–Kier alpha value is -2.46. The van der Waals surface area contributed by atoms with Crippen molar-refractivity contribution in [1.82, 2.24) is 14.9 Å². The molecule has 30 heavy (non-hydrogen) atoms. The SMILES string of the molecule is CC(C)(C)OC(=O)N1CCC(Nc2nc(Cl)nc(C3=CCOCC3)c2[N+](=O)[O-])CC1. The van der Waals surface area contributed by atoms with Gasteiger partial charge in [0.1, 0.15) is 5.60 Å². The molecule has 0 aromatic carbocycles. The standard InChI is InChI=1S/C19H26ClN5O5/c1-19(2,3)30-18(26)24-8-4-13(5-9-24)21-16-15(25(27)28)14(22-17(20)23-16)12-6-10-29-11-7-12/h6,13H,4-5,7-11H2,1-3H3,(H,21,22,23). The average molecular weight is 440 g/mol. The predicted molar refractivity (Wildman–Crippen MR) is 112 cm³/mol. The topological polar surface area (TPSA) is 120 Å². The minimum atomic E-state index is -0.556. The molecule has 2 aliphatic rings. The van der Waals surface area contributed by atoms with E-state index in [0.717, 1.165) is 5.57 Å². The molecular formula is C19H26ClN5O5. The zero-order valence-electron chi connectivity index (χ0n) is 17.3. The highest BCUT2D eigenvalue weighted by Crippen LogP contribution is 2.35. The lowest BCUT2D eigenvalue weighted by molar-refractivity contribution is -0.384. The molecular weight excluding hydrogens is 414 g/mol. The first-order chi connectivity index (χ1) is 14.1. The van der Waals surface area contributed by atoms with Gasteiger partial charge in [0.25, 0.3) is 0 Å². The molecule has 10 nitrogen and oxygen atoms in total. The van der Waals surface area contributed by atoms with Crippen LogP contribution in [0.2, 0.25) is 5.28 Å². The van der Waals surface area contributed by atoms with Crippen LogP contribution in [0.25, 0.3) is 5.57 Å². The number of carbonyl (C=O) groups excluding carboxylic acids is 1. The van der Waals surface area contributed by atoms with Gasteiger partial charge in [-0.1, -0.05) is 6.08 Å². The molecule has 3 rings (SSSR count). The van der Waals surface area contributed by atoms with Crippen LogP contribution < -0.4 is 5.32 Å². The first kappa shape index (κ1) is 22.2. The number of anilines is 1. The highest BCUT2D eigenvalue weighted by atomic mass is 35.5. The van der Waals surface area contributed by atoms with Crippen LogP contribution in [-0.4, -0.2) is 63.8 Å². The van der Waals surface area contributed by atoms with E-state index < -0.39 is 10.5 Å². The van der Waals surface area contributed by atoms with Crippen LogP contribution in [0.15, 0.2) is 6.08 Å². The fourth-order valence-corrected chi connectivity index (χ4v) is 3.56. The Kier molecular flexibility index (Phi) is 6.77. The molecule has 0 spiro atoms. The number of halogens is 1. The van der Waals surface area contributed by atoms with Crippen LogP contribution in [0.4, 0.5) is 16.3 Å². The van der Waals surface area contributed by atoms with Crippen molar-refractivity contribution < 1.29 is 19.2 Å². The molecule has 0 unspecified atom stereocenters. The fourth-order valence-electron chi connectivity index (χ4n) is 3.39. The number of aromatic nitrogens is 2. The highest BCUT2D eigenvalue weighted by molar-refractivity contribution is 6.28. The van der Waals surface area contributed by atoms with E-state index in [1.54, 1.807) is 11.0 Å². The Morgan fingerprint density at radius 2 is 2.07 bits per heavy atom. The van der Waals surface area contributed by atoms with Gasteiger partial charge in [-0.3, -0.25) is 10.1 Å². The first-order valence-electron chi connectivity index (χ1n) is 9.87. The van der Waals surface area contributed by atoms with Gasteiger partial charge in [-0.15, -0.1) is 0 Å². The molecule has 1 N–H and O–H groups in total. The van der Waals surface area contributed by atoms with Gasteiger partial charge in [-0.05, 0) is 57.2 Å². The van der Waals surface area contributed by atoms with Crippen molar-refractivity contribution in [3.8, 4) is 0 Å². The highest BCUT2D eigenvalue weighted by Gasteiger charge is 2.31. The minimum absolute atomic E-state index is 0.0586. The van der Waals surface area contributed by atoms with Crippen LogP contribution in [0.5, 0.6) is 0 Å². The van der Waals surface area contributed by atoms with E-state index in [-0.39, 0.29) is 34.6 Å². The third-order valence-corrected chi connectivity index (χ3v) is 4.96. The van der Waals surface area contributed by atoms with Gasteiger partial charge >= 0.3 is 11.8 Å². The molecule has 3 heterocycles. The molecule has 1 saturated heterocycles. The van der Waals surface area contributed by atoms with Crippen molar-refractivity contribution in [3.05, 3.63) is 27.2 Å². The van der Waals surface area contributed by atoms with E-state index in [9.17, 15) is 14.9 Å². The van der Waals surface area contributed by atoms with Gasteiger partial charge in [0.15, 0.2) is 5.69 Å². The Morgan fingerprint density at radius 1 is 1.37 bits per heavy atom. The number of nitrogens with one attached hydrogen (secondary N) is 1. The molecule has 0 bridgehead atoms. The van der Waals surface area contributed by atoms with Gasteiger partial charge in [-0.2, -0.15) is 4.98 Å². The second-order valence-corrected chi connectivity index (χ2v) is 8.57. The summed E-state index contributed by atoms with van der Waals surface area (Å²) in [6, 6.07) is -0.0927. The largest absolute Gasteiger partial charge is 0.444 e. The maximum Gasteiger partial charge on any atom is 0.410 e. The Bertz CT molecular complexity index is 846. The summed E-state index contributed by atoms with van der Waals surface area (Å²) in [6.45, 7) is 7.27. The number of ether oxygens (including phenoxy) is 2. The Morgan fingerprint density at radius 3 is 2.63 bits per heavy atom. The van der Waals surface area contributed by atoms with E-state index in [1.165, 1.54) is 0 Å². The summed E-state index contributed by atoms with van der Waals surface area (Å²) in [7, 11) is 0. The number of carbonyl (C=O) groups is 1. The van der Waals surface area contributed by atoms with Crippen LogP contribution >= 0.6 is 11.6 Å². The molecule has 11 heteroatoms. The third kappa shape index (κ3) is 5.57. The number of piperidine rings is 1. The monoisotopic (exact) mass is 439 g/mol. The first-order valence-corrected chi connectivity index (χ1v) is 10.3. The lowest BCUT2D eigenvalue weighted by Gasteiger charge is -2.33. The average Bonchev–Trinajstić information content (AvgIpc) is 2.67. The normalized spacial score (nSPS) is 18.0. The summed E-state index contributed by atoms with van der Waals surface area (Å²) in [5.74, 6) is 0.0955. The number of rotatable bonds is 4. The maximum atomic E-state index is 12.2. The van der Waals surface area contributed by atoms with Gasteiger partial charge < -0.3 is 19.7 Å². The van der Waals surface area contributed by atoms with Crippen molar-refractivity contribution in [3.63, 3.8) is 0 Å². The fraction of sp³-hybridized carbons (Fsp3) is 0.632. The van der Waals surface area contributed by atoms with Crippen molar-refractivity contribution in [2.75, 3.05) is 31.6 Å². The summed E-state index contributed by atoms with van der Waals surface area (Å²) < 4.78 is 10.7. The molecule has 1 amide bonds. The predicted octanol–water partition coefficient (Wildman–Crippen LogP) is 3.65. The van der Waals surface area contributed by atoms with E-state index in [0.29, 0.717) is 45.6 Å². The van der Waals surface area contributed by atoms with Gasteiger partial charge in [0.2, 0.25) is 11.1 Å².